The summed E-state index contributed by atoms with van der Waals surface area (Å²) in [6.45, 7) is 2.30. The van der Waals surface area contributed by atoms with Gasteiger partial charge in [0.1, 0.15) is 5.76 Å². The average molecular weight is 203 g/mol. The maximum Gasteiger partial charge on any atom is 0.298 e. The van der Waals surface area contributed by atoms with Crippen LogP contribution in [0.3, 0.4) is 0 Å². The largest absolute Gasteiger partial charge is 0.428 e. The number of anilines is 1. The second kappa shape index (κ2) is 5.65. The fraction of sp³-hybridized carbons (Fsp3) is 0.0833. The highest BCUT2D eigenvalue weighted by molar-refractivity contribution is 5.68. The van der Waals surface area contributed by atoms with E-state index in [0.717, 1.165) is 5.56 Å². The van der Waals surface area contributed by atoms with Gasteiger partial charge in [-0.05, 0) is 37.3 Å². The highest BCUT2D eigenvalue weighted by Gasteiger charge is 2.00. The third kappa shape index (κ3) is 3.31. The zero-order chi connectivity index (χ0) is 11.1. The molecule has 0 radical (unpaired) electrons. The molecule has 3 heteroatoms. The van der Waals surface area contributed by atoms with Gasteiger partial charge in [-0.2, -0.15) is 0 Å². The van der Waals surface area contributed by atoms with Crippen LogP contribution >= 0.6 is 0 Å². The van der Waals surface area contributed by atoms with Crippen LogP contribution in [0.15, 0.2) is 42.5 Å². The number of carbonyl (C=O) groups excluding carboxylic acids is 1. The minimum absolute atomic E-state index is 0.408. The van der Waals surface area contributed by atoms with Gasteiger partial charge in [0, 0.05) is 11.3 Å². The summed E-state index contributed by atoms with van der Waals surface area (Å²) in [7, 11) is 0. The number of carbonyl (C=O) groups is 1. The minimum atomic E-state index is 0.408. The van der Waals surface area contributed by atoms with Crippen LogP contribution < -0.4 is 5.73 Å². The first-order chi connectivity index (χ1) is 7.27. The molecule has 0 atom stereocenters. The van der Waals surface area contributed by atoms with Crippen LogP contribution in [0.5, 0.6) is 0 Å². The van der Waals surface area contributed by atoms with E-state index in [2.05, 4.69) is 0 Å². The lowest BCUT2D eigenvalue weighted by Crippen LogP contribution is -1.91. The van der Waals surface area contributed by atoms with E-state index in [4.69, 9.17) is 10.5 Å². The lowest BCUT2D eigenvalue weighted by molar-refractivity contribution is -0.122. The van der Waals surface area contributed by atoms with Crippen molar-refractivity contribution in [2.75, 3.05) is 5.73 Å². The lowest BCUT2D eigenvalue weighted by atomic mass is 10.1. The summed E-state index contributed by atoms with van der Waals surface area (Å²) < 4.78 is 4.86. The van der Waals surface area contributed by atoms with Crippen LogP contribution in [0.4, 0.5) is 5.69 Å². The predicted octanol–water partition coefficient (Wildman–Crippen LogP) is 2.36. The van der Waals surface area contributed by atoms with Crippen LogP contribution in [0.1, 0.15) is 12.5 Å². The van der Waals surface area contributed by atoms with Gasteiger partial charge in [-0.3, -0.25) is 4.79 Å². The second-order valence-electron chi connectivity index (χ2n) is 2.89. The molecule has 0 amide bonds. The smallest absolute Gasteiger partial charge is 0.298 e. The van der Waals surface area contributed by atoms with Crippen molar-refractivity contribution in [3.63, 3.8) is 0 Å². The first-order valence-electron chi connectivity index (χ1n) is 4.57. The molecule has 0 heterocycles. The molecular formula is C12H13NO2. The molecule has 2 N–H and O–H groups in total. The molecule has 0 aromatic heterocycles. The van der Waals surface area contributed by atoms with Gasteiger partial charge in [-0.25, -0.2) is 0 Å². The molecule has 0 aliphatic carbocycles. The van der Waals surface area contributed by atoms with Crippen LogP contribution in [0.25, 0.3) is 5.76 Å². The van der Waals surface area contributed by atoms with E-state index in [-0.39, 0.29) is 0 Å². The van der Waals surface area contributed by atoms with Gasteiger partial charge in [0.15, 0.2) is 0 Å². The standard InChI is InChI=1S/C12H13NO2/c1-2-3-4-12(15-9-14)10-5-7-11(13)8-6-10/h2-9H,13H2,1H3/b3-2+,12-4+. The zero-order valence-corrected chi connectivity index (χ0v) is 8.51. The van der Waals surface area contributed by atoms with Crippen LogP contribution in [-0.4, -0.2) is 6.47 Å². The van der Waals surface area contributed by atoms with Crippen molar-refractivity contribution in [1.82, 2.24) is 0 Å². The van der Waals surface area contributed by atoms with Crippen LogP contribution in [0, 0.1) is 0 Å². The Hall–Kier alpha value is -2.03. The number of benzene rings is 1. The van der Waals surface area contributed by atoms with Crippen molar-refractivity contribution in [2.45, 2.75) is 6.92 Å². The second-order valence-corrected chi connectivity index (χ2v) is 2.89. The fourth-order valence-corrected chi connectivity index (χ4v) is 1.09. The average Bonchev–Trinajstić information content (AvgIpc) is 2.25. The molecule has 0 saturated heterocycles. The monoisotopic (exact) mass is 203 g/mol. The molecule has 0 saturated carbocycles. The first-order valence-corrected chi connectivity index (χ1v) is 4.57. The maximum atomic E-state index is 10.3. The van der Waals surface area contributed by atoms with Gasteiger partial charge in [0.25, 0.3) is 6.47 Å². The molecule has 1 aromatic carbocycles. The lowest BCUT2D eigenvalue weighted by Gasteiger charge is -2.03. The third-order valence-electron chi connectivity index (χ3n) is 1.81. The first kappa shape index (κ1) is 11.0. The summed E-state index contributed by atoms with van der Waals surface area (Å²) in [5.41, 5.74) is 7.05. The van der Waals surface area contributed by atoms with Gasteiger partial charge in [0.05, 0.1) is 0 Å². The van der Waals surface area contributed by atoms with E-state index in [1.165, 1.54) is 0 Å². The van der Waals surface area contributed by atoms with Crippen molar-refractivity contribution in [1.29, 1.82) is 0 Å². The van der Waals surface area contributed by atoms with Crippen LogP contribution in [-0.2, 0) is 9.53 Å². The van der Waals surface area contributed by atoms with Gasteiger partial charge in [0.2, 0.25) is 0 Å². The van der Waals surface area contributed by atoms with Gasteiger partial charge >= 0.3 is 0 Å². The number of hydrogen-bond donors (Lipinski definition) is 1. The highest BCUT2D eigenvalue weighted by Crippen LogP contribution is 2.16. The summed E-state index contributed by atoms with van der Waals surface area (Å²) in [6.07, 6.45) is 5.38. The molecular weight excluding hydrogens is 190 g/mol. The summed E-state index contributed by atoms with van der Waals surface area (Å²) in [4.78, 5) is 10.3. The molecule has 1 rings (SSSR count). The molecule has 15 heavy (non-hydrogen) atoms. The van der Waals surface area contributed by atoms with Crippen LogP contribution in [0.2, 0.25) is 0 Å². The number of nitrogen functional groups attached to an aromatic ring is 1. The Labute approximate surface area is 88.9 Å². The Balaban J connectivity index is 2.98. The van der Waals surface area contributed by atoms with E-state index < -0.39 is 0 Å². The SMILES string of the molecule is C/C=C/C=C(/OC=O)c1ccc(N)cc1. The summed E-state index contributed by atoms with van der Waals surface area (Å²) in [5.74, 6) is 0.503. The zero-order valence-electron chi connectivity index (χ0n) is 8.51. The Morgan fingerprint density at radius 3 is 2.53 bits per heavy atom. The molecule has 0 spiro atoms. The Bertz CT molecular complexity index is 377. The molecule has 1 aromatic rings. The number of allylic oxidation sites excluding steroid dienone is 3. The molecule has 78 valence electrons. The van der Waals surface area contributed by atoms with Crippen molar-refractivity contribution in [3.8, 4) is 0 Å². The molecule has 0 fully saturated rings. The highest BCUT2D eigenvalue weighted by atomic mass is 16.5. The maximum absolute atomic E-state index is 10.3. The Morgan fingerprint density at radius 2 is 2.00 bits per heavy atom. The summed E-state index contributed by atoms with van der Waals surface area (Å²) in [5, 5.41) is 0. The number of nitrogens with two attached hydrogens (primary N) is 1. The Morgan fingerprint density at radius 1 is 1.33 bits per heavy atom. The van der Waals surface area contributed by atoms with E-state index >= 15 is 0 Å². The van der Waals surface area contributed by atoms with E-state index in [9.17, 15) is 4.79 Å². The van der Waals surface area contributed by atoms with E-state index in [1.54, 1.807) is 36.4 Å². The molecule has 0 unspecified atom stereocenters. The number of rotatable bonds is 4. The normalized spacial score (nSPS) is 11.7. The summed E-state index contributed by atoms with van der Waals surface area (Å²) in [6, 6.07) is 7.11. The number of hydrogen-bond acceptors (Lipinski definition) is 3. The van der Waals surface area contributed by atoms with E-state index in [1.807, 2.05) is 13.0 Å². The number of ether oxygens (including phenoxy) is 1. The molecule has 0 bridgehead atoms. The Kier molecular flexibility index (Phi) is 4.16. The van der Waals surface area contributed by atoms with Gasteiger partial charge < -0.3 is 10.5 Å². The van der Waals surface area contributed by atoms with E-state index in [0.29, 0.717) is 17.9 Å². The van der Waals surface area contributed by atoms with Gasteiger partial charge in [-0.15, -0.1) is 0 Å². The minimum Gasteiger partial charge on any atom is -0.428 e. The van der Waals surface area contributed by atoms with Gasteiger partial charge in [-0.1, -0.05) is 12.2 Å². The van der Waals surface area contributed by atoms with Crippen molar-refractivity contribution in [3.05, 3.63) is 48.1 Å². The van der Waals surface area contributed by atoms with Crippen molar-refractivity contribution in [2.24, 2.45) is 0 Å². The topological polar surface area (TPSA) is 52.3 Å². The van der Waals surface area contributed by atoms with Crippen molar-refractivity contribution >= 4 is 17.9 Å². The quantitative estimate of drug-likeness (QED) is 0.353. The predicted molar refractivity (Wildman–Crippen MR) is 60.8 cm³/mol. The fourth-order valence-electron chi connectivity index (χ4n) is 1.09. The molecule has 3 nitrogen and oxygen atoms in total. The third-order valence-corrected chi connectivity index (χ3v) is 1.81. The molecule has 0 aliphatic rings. The summed E-state index contributed by atoms with van der Waals surface area (Å²) >= 11 is 0. The molecule has 0 aliphatic heterocycles. The van der Waals surface area contributed by atoms with Crippen molar-refractivity contribution < 1.29 is 9.53 Å².